The average Bonchev–Trinajstić information content (AvgIpc) is 3.09. The van der Waals surface area contributed by atoms with Crippen molar-refractivity contribution in [2.75, 3.05) is 5.01 Å². The van der Waals surface area contributed by atoms with Gasteiger partial charge in [0.2, 0.25) is 0 Å². The number of halogens is 3. The summed E-state index contributed by atoms with van der Waals surface area (Å²) in [4.78, 5) is 24.4. The van der Waals surface area contributed by atoms with Crippen LogP contribution in [0, 0.1) is 5.92 Å². The molecule has 6 nitrogen and oxygen atoms in total. The predicted octanol–water partition coefficient (Wildman–Crippen LogP) is 2.57. The normalized spacial score (nSPS) is 21.5. The fourth-order valence-corrected chi connectivity index (χ4v) is 3.02. The Kier molecular flexibility index (Phi) is 4.50. The van der Waals surface area contributed by atoms with Crippen LogP contribution in [-0.2, 0) is 0 Å². The molecule has 0 spiro atoms. The largest absolute Gasteiger partial charge is 0.391 e. The molecule has 0 unspecified atom stereocenters. The van der Waals surface area contributed by atoms with Crippen molar-refractivity contribution in [3.05, 3.63) is 43.0 Å². The number of rotatable bonds is 3. The molecule has 0 N–H and O–H groups in total. The van der Waals surface area contributed by atoms with Gasteiger partial charge in [-0.25, -0.2) is 24.6 Å². The van der Waals surface area contributed by atoms with Crippen LogP contribution in [-0.4, -0.2) is 37.8 Å². The van der Waals surface area contributed by atoms with Crippen molar-refractivity contribution >= 4 is 5.91 Å². The minimum atomic E-state index is -4.18. The molecule has 1 amide bonds. The molecule has 0 bridgehead atoms. The zero-order valence-corrected chi connectivity index (χ0v) is 12.7. The minimum Gasteiger partial charge on any atom is -0.265 e. The smallest absolute Gasteiger partial charge is 0.265 e. The van der Waals surface area contributed by atoms with Crippen LogP contribution in [0.5, 0.6) is 0 Å². The van der Waals surface area contributed by atoms with E-state index in [1.807, 2.05) is 0 Å². The molecule has 128 valence electrons. The van der Waals surface area contributed by atoms with E-state index in [1.54, 1.807) is 6.20 Å². The molecule has 2 aromatic rings. The fourth-order valence-electron chi connectivity index (χ4n) is 3.02. The van der Waals surface area contributed by atoms with Gasteiger partial charge in [-0.1, -0.05) is 0 Å². The number of carbonyl (C=O) groups excluding carboxylic acids is 1. The molecule has 0 saturated heterocycles. The SMILES string of the molecule is O=C(c1ccncn1)N(C1CCC(C(F)(F)F)CC1)n1ccnc1. The van der Waals surface area contributed by atoms with Crippen LogP contribution >= 0.6 is 0 Å². The molecule has 24 heavy (non-hydrogen) atoms. The number of imidazole rings is 1. The Morgan fingerprint density at radius 1 is 1.17 bits per heavy atom. The third-order valence-corrected chi connectivity index (χ3v) is 4.25. The first kappa shape index (κ1) is 16.4. The van der Waals surface area contributed by atoms with E-state index in [1.165, 1.54) is 40.8 Å². The van der Waals surface area contributed by atoms with Gasteiger partial charge in [0.1, 0.15) is 18.3 Å². The van der Waals surface area contributed by atoms with E-state index in [9.17, 15) is 18.0 Å². The van der Waals surface area contributed by atoms with Gasteiger partial charge >= 0.3 is 6.18 Å². The highest BCUT2D eigenvalue weighted by Crippen LogP contribution is 2.38. The number of carbonyl (C=O) groups is 1. The number of hydrogen-bond acceptors (Lipinski definition) is 4. The predicted molar refractivity (Wildman–Crippen MR) is 78.6 cm³/mol. The summed E-state index contributed by atoms with van der Waals surface area (Å²) in [6.45, 7) is 0. The standard InChI is InChI=1S/C15H16F3N5O/c16-15(17,18)11-1-3-12(4-2-11)23(22-8-7-20-10-22)14(24)13-5-6-19-9-21-13/h5-12H,1-4H2. The lowest BCUT2D eigenvalue weighted by molar-refractivity contribution is -0.182. The first-order valence-electron chi connectivity index (χ1n) is 7.61. The van der Waals surface area contributed by atoms with Crippen LogP contribution in [0.3, 0.4) is 0 Å². The molecule has 3 rings (SSSR count). The first-order chi connectivity index (χ1) is 11.5. The second-order valence-corrected chi connectivity index (χ2v) is 5.73. The summed E-state index contributed by atoms with van der Waals surface area (Å²) >= 11 is 0. The average molecular weight is 339 g/mol. The Bertz CT molecular complexity index is 666. The molecule has 0 atom stereocenters. The van der Waals surface area contributed by atoms with Crippen molar-refractivity contribution in [2.24, 2.45) is 5.92 Å². The molecule has 1 aliphatic rings. The Morgan fingerprint density at radius 2 is 1.92 bits per heavy atom. The van der Waals surface area contributed by atoms with Crippen LogP contribution in [0.2, 0.25) is 0 Å². The van der Waals surface area contributed by atoms with Gasteiger partial charge in [0.15, 0.2) is 0 Å². The Labute approximate surface area is 136 Å². The number of hydrogen-bond donors (Lipinski definition) is 0. The summed E-state index contributed by atoms with van der Waals surface area (Å²) < 4.78 is 40.1. The van der Waals surface area contributed by atoms with Crippen molar-refractivity contribution < 1.29 is 18.0 Å². The van der Waals surface area contributed by atoms with Crippen molar-refractivity contribution in [1.29, 1.82) is 0 Å². The summed E-state index contributed by atoms with van der Waals surface area (Å²) in [5.41, 5.74) is 0.191. The van der Waals surface area contributed by atoms with E-state index in [0.29, 0.717) is 0 Å². The summed E-state index contributed by atoms with van der Waals surface area (Å²) in [7, 11) is 0. The molecule has 2 heterocycles. The van der Waals surface area contributed by atoms with Crippen molar-refractivity contribution in [2.45, 2.75) is 37.9 Å². The van der Waals surface area contributed by atoms with Crippen LogP contribution in [0.1, 0.15) is 36.2 Å². The van der Waals surface area contributed by atoms with E-state index in [4.69, 9.17) is 0 Å². The zero-order valence-electron chi connectivity index (χ0n) is 12.7. The highest BCUT2D eigenvalue weighted by atomic mass is 19.4. The van der Waals surface area contributed by atoms with Crippen molar-refractivity contribution in [1.82, 2.24) is 19.6 Å². The van der Waals surface area contributed by atoms with Gasteiger partial charge < -0.3 is 0 Å². The van der Waals surface area contributed by atoms with E-state index in [2.05, 4.69) is 15.0 Å². The summed E-state index contributed by atoms with van der Waals surface area (Å²) in [5.74, 6) is -1.68. The number of amides is 1. The maximum Gasteiger partial charge on any atom is 0.391 e. The number of nitrogens with zero attached hydrogens (tertiary/aromatic N) is 5. The Balaban J connectivity index is 1.81. The lowest BCUT2D eigenvalue weighted by Gasteiger charge is -2.37. The lowest BCUT2D eigenvalue weighted by Crippen LogP contribution is -2.50. The summed E-state index contributed by atoms with van der Waals surface area (Å²) in [5, 5.41) is 1.43. The van der Waals surface area contributed by atoms with Gasteiger partial charge in [-0.05, 0) is 31.7 Å². The van der Waals surface area contributed by atoms with E-state index in [-0.39, 0.29) is 43.3 Å². The lowest BCUT2D eigenvalue weighted by atomic mass is 9.85. The monoisotopic (exact) mass is 339 g/mol. The zero-order chi connectivity index (χ0) is 17.2. The van der Waals surface area contributed by atoms with Crippen molar-refractivity contribution in [3.8, 4) is 0 Å². The molecule has 0 radical (unpaired) electrons. The van der Waals surface area contributed by atoms with E-state index < -0.39 is 12.1 Å². The quantitative estimate of drug-likeness (QED) is 0.862. The molecule has 9 heteroatoms. The highest BCUT2D eigenvalue weighted by molar-refractivity contribution is 6.00. The minimum absolute atomic E-state index is 0.0103. The Hall–Kier alpha value is -2.45. The summed E-state index contributed by atoms with van der Waals surface area (Å²) in [6.07, 6.45) is 3.67. The maximum absolute atomic E-state index is 12.9. The molecular weight excluding hydrogens is 323 g/mol. The van der Waals surface area contributed by atoms with Gasteiger partial charge in [0.05, 0.1) is 12.0 Å². The molecular formula is C15H16F3N5O. The highest BCUT2D eigenvalue weighted by Gasteiger charge is 2.43. The molecule has 1 aliphatic carbocycles. The number of alkyl halides is 3. The van der Waals surface area contributed by atoms with Crippen LogP contribution in [0.15, 0.2) is 37.3 Å². The topological polar surface area (TPSA) is 63.9 Å². The van der Waals surface area contributed by atoms with Gasteiger partial charge in [0.25, 0.3) is 5.91 Å². The van der Waals surface area contributed by atoms with E-state index in [0.717, 1.165) is 0 Å². The maximum atomic E-state index is 12.9. The second kappa shape index (κ2) is 6.58. The van der Waals surface area contributed by atoms with Crippen LogP contribution in [0.4, 0.5) is 13.2 Å². The Morgan fingerprint density at radius 3 is 2.46 bits per heavy atom. The third kappa shape index (κ3) is 3.39. The summed E-state index contributed by atoms with van der Waals surface area (Å²) in [6, 6.07) is 1.15. The van der Waals surface area contributed by atoms with Gasteiger partial charge in [-0.15, -0.1) is 0 Å². The second-order valence-electron chi connectivity index (χ2n) is 5.73. The first-order valence-corrected chi connectivity index (χ1v) is 7.61. The van der Waals surface area contributed by atoms with Crippen LogP contribution < -0.4 is 5.01 Å². The molecule has 0 aromatic carbocycles. The van der Waals surface area contributed by atoms with Crippen LogP contribution in [0.25, 0.3) is 0 Å². The fraction of sp³-hybridized carbons (Fsp3) is 0.467. The molecule has 0 aliphatic heterocycles. The van der Waals surface area contributed by atoms with Gasteiger partial charge in [0, 0.05) is 18.6 Å². The molecule has 1 fully saturated rings. The van der Waals surface area contributed by atoms with Gasteiger partial charge in [-0.3, -0.25) is 4.79 Å². The van der Waals surface area contributed by atoms with Crippen molar-refractivity contribution in [3.63, 3.8) is 0 Å². The van der Waals surface area contributed by atoms with E-state index >= 15 is 0 Å². The van der Waals surface area contributed by atoms with Gasteiger partial charge in [-0.2, -0.15) is 13.2 Å². The number of aromatic nitrogens is 4. The molecule has 1 saturated carbocycles. The third-order valence-electron chi connectivity index (χ3n) is 4.25. The molecule has 2 aromatic heterocycles.